The van der Waals surface area contributed by atoms with Gasteiger partial charge in [-0.3, -0.25) is 4.79 Å². The summed E-state index contributed by atoms with van der Waals surface area (Å²) in [5, 5.41) is 10.2. The van der Waals surface area contributed by atoms with E-state index < -0.39 is 6.04 Å². The molecule has 1 aromatic heterocycles. The number of anilines is 1. The minimum atomic E-state index is -0.521. The number of nitrogens with one attached hydrogen (secondary N) is 2. The summed E-state index contributed by atoms with van der Waals surface area (Å²) < 4.78 is 18.3. The Balaban J connectivity index is 2.02. The number of thiocarbonyl (C=S) groups is 1. The van der Waals surface area contributed by atoms with Crippen LogP contribution in [0.5, 0.6) is 0 Å². The molecule has 2 aromatic rings. The van der Waals surface area contributed by atoms with Gasteiger partial charge in [-0.15, -0.1) is 6.58 Å². The number of nitrogens with zero attached hydrogens (tertiary/aromatic N) is 2. The summed E-state index contributed by atoms with van der Waals surface area (Å²) in [5.74, 6) is 0.204. The number of halogens is 1. The lowest BCUT2D eigenvalue weighted by Crippen LogP contribution is -2.48. The van der Waals surface area contributed by atoms with Crippen molar-refractivity contribution in [3.63, 3.8) is 0 Å². The maximum atomic E-state index is 13.3. The molecule has 2 heterocycles. The smallest absolute Gasteiger partial charge is 0.257 e. The van der Waals surface area contributed by atoms with Gasteiger partial charge in [0.25, 0.3) is 5.91 Å². The third-order valence-corrected chi connectivity index (χ3v) is 4.56. The highest BCUT2D eigenvalue weighted by Crippen LogP contribution is 2.31. The monoisotopic (exact) mass is 386 g/mol. The molecule has 27 heavy (non-hydrogen) atoms. The van der Waals surface area contributed by atoms with Gasteiger partial charge >= 0.3 is 0 Å². The fraction of sp³-hybridized carbons (Fsp3) is 0.211. The van der Waals surface area contributed by atoms with Crippen molar-refractivity contribution in [2.24, 2.45) is 0 Å². The highest BCUT2D eigenvalue weighted by atomic mass is 32.1. The first kappa shape index (κ1) is 18.8. The molecule has 0 radical (unpaired) electrons. The molecule has 3 rings (SSSR count). The number of allylic oxidation sites excluding steroid dienone is 1. The number of carbonyl (C=O) groups is 1. The first-order chi connectivity index (χ1) is 12.9. The normalized spacial score (nSPS) is 16.9. The molecule has 0 aliphatic carbocycles. The van der Waals surface area contributed by atoms with Crippen LogP contribution in [0.3, 0.4) is 0 Å². The van der Waals surface area contributed by atoms with E-state index in [4.69, 9.17) is 16.7 Å². The largest absolute Gasteiger partial charge is 0.360 e. The summed E-state index contributed by atoms with van der Waals surface area (Å²) in [4.78, 5) is 14.8. The summed E-state index contributed by atoms with van der Waals surface area (Å²) in [6.07, 6.45) is 1.70. The minimum absolute atomic E-state index is 0.319. The summed E-state index contributed by atoms with van der Waals surface area (Å²) in [6, 6.07) is 7.05. The van der Waals surface area contributed by atoms with Crippen molar-refractivity contribution in [2.75, 3.05) is 11.9 Å². The van der Waals surface area contributed by atoms with E-state index in [0.29, 0.717) is 34.5 Å². The predicted octanol–water partition coefficient (Wildman–Crippen LogP) is 3.45. The lowest BCUT2D eigenvalue weighted by molar-refractivity contribution is -0.113. The van der Waals surface area contributed by atoms with Crippen molar-refractivity contribution < 1.29 is 13.7 Å². The molecule has 8 heteroatoms. The Morgan fingerprint density at radius 3 is 2.74 bits per heavy atom. The van der Waals surface area contributed by atoms with E-state index in [1.165, 1.54) is 12.1 Å². The van der Waals surface area contributed by atoms with Gasteiger partial charge in [-0.1, -0.05) is 23.4 Å². The molecular weight excluding hydrogens is 367 g/mol. The molecule has 0 unspecified atom stereocenters. The van der Waals surface area contributed by atoms with Crippen molar-refractivity contribution in [3.8, 4) is 0 Å². The Labute approximate surface area is 161 Å². The molecule has 0 bridgehead atoms. The number of aromatic nitrogens is 1. The van der Waals surface area contributed by atoms with E-state index in [1.807, 2.05) is 6.92 Å². The summed E-state index contributed by atoms with van der Waals surface area (Å²) in [6.45, 7) is 7.74. The van der Waals surface area contributed by atoms with Crippen LogP contribution in [0.15, 0.2) is 58.8 Å². The lowest BCUT2D eigenvalue weighted by atomic mass is 9.94. The summed E-state index contributed by atoms with van der Waals surface area (Å²) in [7, 11) is 0. The molecule has 0 fully saturated rings. The van der Waals surface area contributed by atoms with Gasteiger partial charge in [0.1, 0.15) is 11.6 Å². The quantitative estimate of drug-likeness (QED) is 0.606. The number of hydrogen-bond acceptors (Lipinski definition) is 4. The van der Waals surface area contributed by atoms with Crippen LogP contribution >= 0.6 is 12.2 Å². The zero-order valence-corrected chi connectivity index (χ0v) is 15.8. The van der Waals surface area contributed by atoms with Crippen molar-refractivity contribution in [1.29, 1.82) is 0 Å². The molecule has 6 nitrogen and oxygen atoms in total. The number of benzene rings is 1. The van der Waals surface area contributed by atoms with Gasteiger partial charge in [-0.25, -0.2) is 4.39 Å². The first-order valence-electron chi connectivity index (χ1n) is 8.30. The van der Waals surface area contributed by atoms with E-state index in [2.05, 4.69) is 22.4 Å². The average Bonchev–Trinajstić information content (AvgIpc) is 3.03. The van der Waals surface area contributed by atoms with Gasteiger partial charge in [-0.2, -0.15) is 0 Å². The average molecular weight is 386 g/mol. The standard InChI is InChI=1S/C19H19FN4O2S/c1-4-9-24-12(3)16(18(25)21-15-10-11(2)26-23-15)17(22-19(24)27)13-5-7-14(20)8-6-13/h4-8,10,17H,1,9H2,2-3H3,(H,22,27)(H,21,23,25)/t17-/m0/s1. The summed E-state index contributed by atoms with van der Waals surface area (Å²) in [5.41, 5.74) is 1.86. The van der Waals surface area contributed by atoms with Crippen LogP contribution in [0, 0.1) is 12.7 Å². The second kappa shape index (κ2) is 7.71. The molecule has 0 saturated carbocycles. The predicted molar refractivity (Wildman–Crippen MR) is 104 cm³/mol. The zero-order chi connectivity index (χ0) is 19.6. The van der Waals surface area contributed by atoms with Crippen LogP contribution in [0.4, 0.5) is 10.2 Å². The lowest BCUT2D eigenvalue weighted by Gasteiger charge is -2.37. The fourth-order valence-corrected chi connectivity index (χ4v) is 3.27. The summed E-state index contributed by atoms with van der Waals surface area (Å²) >= 11 is 5.44. The van der Waals surface area contributed by atoms with Crippen LogP contribution in [0.1, 0.15) is 24.3 Å². The van der Waals surface area contributed by atoms with Crippen LogP contribution in [0.2, 0.25) is 0 Å². The first-order valence-corrected chi connectivity index (χ1v) is 8.71. The maximum absolute atomic E-state index is 13.3. The molecule has 2 N–H and O–H groups in total. The number of aryl methyl sites for hydroxylation is 1. The van der Waals surface area contributed by atoms with Gasteiger partial charge in [0.15, 0.2) is 10.9 Å². The zero-order valence-electron chi connectivity index (χ0n) is 15.0. The number of carbonyl (C=O) groups excluding carboxylic acids is 1. The van der Waals surface area contributed by atoms with E-state index in [1.54, 1.807) is 36.1 Å². The van der Waals surface area contributed by atoms with E-state index in [0.717, 1.165) is 5.56 Å². The maximum Gasteiger partial charge on any atom is 0.257 e. The number of hydrogen-bond donors (Lipinski definition) is 2. The van der Waals surface area contributed by atoms with Crippen molar-refractivity contribution >= 4 is 29.1 Å². The van der Waals surface area contributed by atoms with Gasteiger partial charge in [0.2, 0.25) is 0 Å². The Hall–Kier alpha value is -3.00. The van der Waals surface area contributed by atoms with Crippen molar-refractivity contribution in [2.45, 2.75) is 19.9 Å². The molecular formula is C19H19FN4O2S. The molecule has 1 aliphatic heterocycles. The van der Waals surface area contributed by atoms with Gasteiger partial charge in [-0.05, 0) is 43.8 Å². The Morgan fingerprint density at radius 1 is 1.44 bits per heavy atom. The van der Waals surface area contributed by atoms with E-state index >= 15 is 0 Å². The Bertz CT molecular complexity index is 920. The molecule has 1 aromatic carbocycles. The van der Waals surface area contributed by atoms with Crippen LogP contribution in [-0.4, -0.2) is 27.6 Å². The third kappa shape index (κ3) is 3.90. The van der Waals surface area contributed by atoms with Gasteiger partial charge < -0.3 is 20.1 Å². The molecule has 0 spiro atoms. The third-order valence-electron chi connectivity index (χ3n) is 4.23. The van der Waals surface area contributed by atoms with Crippen molar-refractivity contribution in [1.82, 2.24) is 15.4 Å². The molecule has 140 valence electrons. The molecule has 1 aliphatic rings. The van der Waals surface area contributed by atoms with Gasteiger partial charge in [0.05, 0.1) is 11.6 Å². The Kier molecular flexibility index (Phi) is 5.36. The molecule has 0 saturated heterocycles. The van der Waals surface area contributed by atoms with Crippen molar-refractivity contribution in [3.05, 3.63) is 71.4 Å². The fourth-order valence-electron chi connectivity index (χ4n) is 2.94. The number of rotatable bonds is 5. The van der Waals surface area contributed by atoms with E-state index in [-0.39, 0.29) is 11.7 Å². The SMILES string of the molecule is C=CCN1C(=S)N[C@@H](c2ccc(F)cc2)C(C(=O)Nc2cc(C)on2)=C1C. The van der Waals surface area contributed by atoms with Crippen LogP contribution in [0.25, 0.3) is 0 Å². The molecule has 1 atom stereocenters. The highest BCUT2D eigenvalue weighted by Gasteiger charge is 2.33. The molecule has 1 amide bonds. The highest BCUT2D eigenvalue weighted by molar-refractivity contribution is 7.80. The van der Waals surface area contributed by atoms with E-state index in [9.17, 15) is 9.18 Å². The van der Waals surface area contributed by atoms with Crippen LogP contribution in [-0.2, 0) is 4.79 Å². The minimum Gasteiger partial charge on any atom is -0.360 e. The second-order valence-corrected chi connectivity index (χ2v) is 6.50. The number of amides is 1. The van der Waals surface area contributed by atoms with Crippen LogP contribution < -0.4 is 10.6 Å². The van der Waals surface area contributed by atoms with Gasteiger partial charge in [0, 0.05) is 18.3 Å². The second-order valence-electron chi connectivity index (χ2n) is 6.11. The Morgan fingerprint density at radius 2 is 2.15 bits per heavy atom. The topological polar surface area (TPSA) is 70.4 Å².